The van der Waals surface area contributed by atoms with Crippen molar-refractivity contribution in [3.63, 3.8) is 0 Å². The summed E-state index contributed by atoms with van der Waals surface area (Å²) in [5.41, 5.74) is 1.35. The first-order chi connectivity index (χ1) is 11.4. The Kier molecular flexibility index (Phi) is 5.43. The summed E-state index contributed by atoms with van der Waals surface area (Å²) in [6, 6.07) is 0. The smallest absolute Gasteiger partial charge is 0.140 e. The van der Waals surface area contributed by atoms with Crippen molar-refractivity contribution in [3.8, 4) is 0 Å². The Morgan fingerprint density at radius 1 is 1.21 bits per heavy atom. The van der Waals surface area contributed by atoms with Crippen LogP contribution in [0.15, 0.2) is 6.20 Å². The van der Waals surface area contributed by atoms with Crippen LogP contribution in [0.5, 0.6) is 0 Å². The number of carbonyl (C=O) groups excluding carboxylic acids is 1. The molecule has 24 heavy (non-hydrogen) atoms. The van der Waals surface area contributed by atoms with Crippen LogP contribution in [-0.2, 0) is 24.3 Å². The lowest BCUT2D eigenvalue weighted by molar-refractivity contribution is -0.120. The molecule has 3 rings (SSSR count). The van der Waals surface area contributed by atoms with Gasteiger partial charge in [-0.05, 0) is 24.2 Å². The molecule has 4 heteroatoms. The molecular formula is C20H33N3O. The lowest BCUT2D eigenvalue weighted by Gasteiger charge is -2.33. The van der Waals surface area contributed by atoms with Crippen molar-refractivity contribution in [1.29, 1.82) is 0 Å². The van der Waals surface area contributed by atoms with E-state index in [9.17, 15) is 4.79 Å². The predicted molar refractivity (Wildman–Crippen MR) is 96.9 cm³/mol. The molecule has 134 valence electrons. The van der Waals surface area contributed by atoms with Crippen LogP contribution in [0.25, 0.3) is 0 Å². The highest BCUT2D eigenvalue weighted by Crippen LogP contribution is 2.26. The number of fused-ring (bicyclic) bond motifs is 1. The zero-order valence-corrected chi connectivity index (χ0v) is 15.7. The number of hydrogen-bond donors (Lipinski definition) is 0. The van der Waals surface area contributed by atoms with Crippen LogP contribution in [0.4, 0.5) is 0 Å². The summed E-state index contributed by atoms with van der Waals surface area (Å²) in [7, 11) is 0. The SMILES string of the molecule is CC(C)(C)CC(=O)Cc1ncc2n1CCN(CC1CCCCC1)C2. The summed E-state index contributed by atoms with van der Waals surface area (Å²) >= 11 is 0. The molecule has 0 amide bonds. The summed E-state index contributed by atoms with van der Waals surface area (Å²) in [4.78, 5) is 19.4. The molecule has 0 aromatic carbocycles. The Morgan fingerprint density at radius 2 is 1.96 bits per heavy atom. The largest absolute Gasteiger partial charge is 0.329 e. The zero-order chi connectivity index (χ0) is 17.2. The van der Waals surface area contributed by atoms with E-state index in [2.05, 4.69) is 35.2 Å². The Hall–Kier alpha value is -1.16. The first kappa shape index (κ1) is 17.7. The molecule has 0 N–H and O–H groups in total. The van der Waals surface area contributed by atoms with Gasteiger partial charge in [0.1, 0.15) is 11.6 Å². The minimum atomic E-state index is 0.0607. The van der Waals surface area contributed by atoms with Gasteiger partial charge >= 0.3 is 0 Å². The van der Waals surface area contributed by atoms with Gasteiger partial charge in [0.2, 0.25) is 0 Å². The standard InChI is InChI=1S/C20H33N3O/c1-20(2,3)12-18(24)11-19-21-13-17-15-22(9-10-23(17)19)14-16-7-5-4-6-8-16/h13,16H,4-12,14-15H2,1-3H3. The van der Waals surface area contributed by atoms with E-state index < -0.39 is 0 Å². The number of hydrogen-bond acceptors (Lipinski definition) is 3. The fraction of sp³-hybridized carbons (Fsp3) is 0.800. The van der Waals surface area contributed by atoms with Gasteiger partial charge in [0, 0.05) is 38.8 Å². The van der Waals surface area contributed by atoms with Crippen LogP contribution in [0.3, 0.4) is 0 Å². The van der Waals surface area contributed by atoms with E-state index >= 15 is 0 Å². The molecule has 1 aliphatic carbocycles. The molecule has 0 spiro atoms. The molecule has 2 heterocycles. The molecular weight excluding hydrogens is 298 g/mol. The van der Waals surface area contributed by atoms with Crippen LogP contribution in [0.1, 0.15) is 70.8 Å². The Morgan fingerprint density at radius 3 is 2.67 bits per heavy atom. The van der Waals surface area contributed by atoms with E-state index in [0.717, 1.165) is 31.4 Å². The molecule has 2 aliphatic rings. The molecule has 1 saturated carbocycles. The van der Waals surface area contributed by atoms with Crippen molar-refractivity contribution in [2.45, 2.75) is 78.8 Å². The number of aromatic nitrogens is 2. The van der Waals surface area contributed by atoms with Crippen molar-refractivity contribution in [2.24, 2.45) is 11.3 Å². The minimum Gasteiger partial charge on any atom is -0.329 e. The van der Waals surface area contributed by atoms with E-state index in [1.54, 1.807) is 0 Å². The molecule has 4 nitrogen and oxygen atoms in total. The monoisotopic (exact) mass is 331 g/mol. The predicted octanol–water partition coefficient (Wildman–Crippen LogP) is 3.83. The average Bonchev–Trinajstić information content (AvgIpc) is 2.88. The maximum atomic E-state index is 12.3. The van der Waals surface area contributed by atoms with Crippen LogP contribution < -0.4 is 0 Å². The highest BCUT2D eigenvalue weighted by Gasteiger charge is 2.24. The number of rotatable bonds is 5. The van der Waals surface area contributed by atoms with Gasteiger partial charge in [-0.2, -0.15) is 0 Å². The summed E-state index contributed by atoms with van der Waals surface area (Å²) in [5, 5.41) is 0. The van der Waals surface area contributed by atoms with Crippen LogP contribution >= 0.6 is 0 Å². The molecule has 0 saturated heterocycles. The average molecular weight is 332 g/mol. The second-order valence-electron chi connectivity index (χ2n) is 9.01. The third kappa shape index (κ3) is 4.69. The number of carbonyl (C=O) groups is 1. The zero-order valence-electron chi connectivity index (χ0n) is 15.7. The quantitative estimate of drug-likeness (QED) is 0.823. The van der Waals surface area contributed by atoms with Crippen molar-refractivity contribution in [3.05, 3.63) is 17.7 Å². The lowest BCUT2D eigenvalue weighted by Crippen LogP contribution is -2.37. The van der Waals surface area contributed by atoms with Crippen LogP contribution in [0, 0.1) is 11.3 Å². The molecule has 0 unspecified atom stereocenters. The third-order valence-corrected chi connectivity index (χ3v) is 5.37. The fourth-order valence-corrected chi connectivity index (χ4v) is 4.26. The number of ketones is 1. The summed E-state index contributed by atoms with van der Waals surface area (Å²) < 4.78 is 2.29. The van der Waals surface area contributed by atoms with Gasteiger partial charge < -0.3 is 4.57 Å². The molecule has 0 radical (unpaired) electrons. The van der Waals surface area contributed by atoms with Gasteiger partial charge in [0.25, 0.3) is 0 Å². The van der Waals surface area contributed by atoms with Crippen LogP contribution in [0.2, 0.25) is 0 Å². The first-order valence-corrected chi connectivity index (χ1v) is 9.68. The number of Topliss-reactive ketones (excluding diaryl/α,β-unsaturated/α-hetero) is 1. The van der Waals surface area contributed by atoms with Gasteiger partial charge in [0.05, 0.1) is 12.1 Å². The first-order valence-electron chi connectivity index (χ1n) is 9.68. The lowest BCUT2D eigenvalue weighted by atomic mass is 9.89. The molecule has 1 aromatic rings. The molecule has 0 atom stereocenters. The van der Waals surface area contributed by atoms with Gasteiger partial charge in [-0.25, -0.2) is 4.98 Å². The minimum absolute atomic E-state index is 0.0607. The Balaban J connectivity index is 1.56. The van der Waals surface area contributed by atoms with E-state index in [4.69, 9.17) is 0 Å². The third-order valence-electron chi connectivity index (χ3n) is 5.37. The molecule has 1 aromatic heterocycles. The molecule has 1 fully saturated rings. The normalized spacial score (nSPS) is 20.1. The second kappa shape index (κ2) is 7.38. The van der Waals surface area contributed by atoms with E-state index in [1.165, 1.54) is 44.3 Å². The van der Waals surface area contributed by atoms with Crippen molar-refractivity contribution < 1.29 is 4.79 Å². The number of imidazole rings is 1. The van der Waals surface area contributed by atoms with E-state index in [1.807, 2.05) is 6.20 Å². The van der Waals surface area contributed by atoms with Crippen molar-refractivity contribution >= 4 is 5.78 Å². The number of nitrogens with zero attached hydrogens (tertiary/aromatic N) is 3. The van der Waals surface area contributed by atoms with E-state index in [-0.39, 0.29) is 5.41 Å². The van der Waals surface area contributed by atoms with Gasteiger partial charge in [-0.1, -0.05) is 40.0 Å². The second-order valence-corrected chi connectivity index (χ2v) is 9.01. The highest BCUT2D eigenvalue weighted by molar-refractivity contribution is 5.80. The van der Waals surface area contributed by atoms with Gasteiger partial charge in [-0.3, -0.25) is 9.69 Å². The Labute approximate surface area is 146 Å². The Bertz CT molecular complexity index is 564. The molecule has 1 aliphatic heterocycles. The van der Waals surface area contributed by atoms with Gasteiger partial charge in [0.15, 0.2) is 0 Å². The summed E-state index contributed by atoms with van der Waals surface area (Å²) in [6.07, 6.45) is 10.2. The topological polar surface area (TPSA) is 38.1 Å². The summed E-state index contributed by atoms with van der Waals surface area (Å²) in [6.45, 7) is 10.7. The van der Waals surface area contributed by atoms with Crippen molar-refractivity contribution in [1.82, 2.24) is 14.5 Å². The van der Waals surface area contributed by atoms with Gasteiger partial charge in [-0.15, -0.1) is 0 Å². The van der Waals surface area contributed by atoms with Crippen LogP contribution in [-0.4, -0.2) is 33.3 Å². The maximum Gasteiger partial charge on any atom is 0.140 e. The summed E-state index contributed by atoms with van der Waals surface area (Å²) in [5.74, 6) is 2.16. The van der Waals surface area contributed by atoms with E-state index in [0.29, 0.717) is 18.6 Å². The molecule has 0 bridgehead atoms. The highest BCUT2D eigenvalue weighted by atomic mass is 16.1. The maximum absolute atomic E-state index is 12.3. The fourth-order valence-electron chi connectivity index (χ4n) is 4.26. The van der Waals surface area contributed by atoms with Crippen molar-refractivity contribution in [2.75, 3.05) is 13.1 Å².